The van der Waals surface area contributed by atoms with Gasteiger partial charge in [-0.05, 0) is 31.0 Å². The maximum atomic E-state index is 12.9. The number of nitriles is 1. The summed E-state index contributed by atoms with van der Waals surface area (Å²) < 4.78 is 38.6. The summed E-state index contributed by atoms with van der Waals surface area (Å²) in [6.45, 7) is 3.52. The second kappa shape index (κ2) is 6.14. The predicted molar refractivity (Wildman–Crippen MR) is 70.2 cm³/mol. The predicted octanol–water partition coefficient (Wildman–Crippen LogP) is 3.54. The van der Waals surface area contributed by atoms with Crippen LogP contribution >= 0.6 is 0 Å². The van der Waals surface area contributed by atoms with E-state index in [1.165, 1.54) is 12.1 Å². The standard InChI is InChI=1S/C14H17F3N2O/c1-3-13(4-2,9-20)19-11-6-5-10(8-18)12(7-11)14(15,16)17/h5-7,19-20H,3-4,9H2,1-2H3. The van der Waals surface area contributed by atoms with Gasteiger partial charge in [-0.2, -0.15) is 18.4 Å². The molecule has 6 heteroatoms. The van der Waals surface area contributed by atoms with E-state index >= 15 is 0 Å². The Morgan fingerprint density at radius 1 is 1.25 bits per heavy atom. The molecule has 0 aliphatic carbocycles. The molecule has 0 saturated carbocycles. The summed E-state index contributed by atoms with van der Waals surface area (Å²) in [5, 5.41) is 21.1. The lowest BCUT2D eigenvalue weighted by atomic mass is 9.93. The van der Waals surface area contributed by atoms with Crippen molar-refractivity contribution in [1.82, 2.24) is 0 Å². The van der Waals surface area contributed by atoms with E-state index in [1.807, 2.05) is 13.8 Å². The van der Waals surface area contributed by atoms with Crippen LogP contribution in [0.4, 0.5) is 18.9 Å². The lowest BCUT2D eigenvalue weighted by molar-refractivity contribution is -0.137. The number of nitrogens with one attached hydrogen (secondary N) is 1. The highest BCUT2D eigenvalue weighted by molar-refractivity contribution is 5.54. The first-order valence-corrected chi connectivity index (χ1v) is 6.32. The fraction of sp³-hybridized carbons (Fsp3) is 0.500. The molecule has 0 heterocycles. The minimum absolute atomic E-state index is 0.179. The van der Waals surface area contributed by atoms with Gasteiger partial charge in [0.2, 0.25) is 0 Å². The maximum absolute atomic E-state index is 12.9. The van der Waals surface area contributed by atoms with Crippen LogP contribution in [0.3, 0.4) is 0 Å². The molecule has 0 fully saturated rings. The maximum Gasteiger partial charge on any atom is 0.417 e. The van der Waals surface area contributed by atoms with Crippen LogP contribution in [0.1, 0.15) is 37.8 Å². The van der Waals surface area contributed by atoms with Crippen molar-refractivity contribution in [2.45, 2.75) is 38.4 Å². The van der Waals surface area contributed by atoms with Crippen LogP contribution in [-0.2, 0) is 6.18 Å². The van der Waals surface area contributed by atoms with Crippen LogP contribution in [0.2, 0.25) is 0 Å². The monoisotopic (exact) mass is 286 g/mol. The lowest BCUT2D eigenvalue weighted by Gasteiger charge is -2.32. The van der Waals surface area contributed by atoms with E-state index in [4.69, 9.17) is 5.26 Å². The zero-order chi connectivity index (χ0) is 15.4. The number of hydrogen-bond acceptors (Lipinski definition) is 3. The van der Waals surface area contributed by atoms with E-state index in [-0.39, 0.29) is 12.3 Å². The van der Waals surface area contributed by atoms with E-state index in [0.29, 0.717) is 12.8 Å². The summed E-state index contributed by atoms with van der Waals surface area (Å²) in [6.07, 6.45) is -3.44. The fourth-order valence-corrected chi connectivity index (χ4v) is 1.95. The molecule has 0 radical (unpaired) electrons. The highest BCUT2D eigenvalue weighted by Crippen LogP contribution is 2.34. The van der Waals surface area contributed by atoms with Crippen molar-refractivity contribution in [3.63, 3.8) is 0 Å². The van der Waals surface area contributed by atoms with E-state index in [2.05, 4.69) is 5.32 Å². The van der Waals surface area contributed by atoms with Gasteiger partial charge in [-0.3, -0.25) is 0 Å². The lowest BCUT2D eigenvalue weighted by Crippen LogP contribution is -2.40. The molecule has 0 amide bonds. The Kier molecular flexibility index (Phi) is 5.01. The molecule has 0 aliphatic heterocycles. The number of alkyl halides is 3. The molecule has 0 unspecified atom stereocenters. The Bertz CT molecular complexity index is 494. The third-order valence-corrected chi connectivity index (χ3v) is 3.51. The molecule has 0 atom stereocenters. The fourth-order valence-electron chi connectivity index (χ4n) is 1.95. The highest BCUT2D eigenvalue weighted by Gasteiger charge is 2.34. The van der Waals surface area contributed by atoms with Crippen molar-refractivity contribution in [1.29, 1.82) is 5.26 Å². The van der Waals surface area contributed by atoms with Crippen molar-refractivity contribution in [3.05, 3.63) is 29.3 Å². The molecule has 0 bridgehead atoms. The molecular weight excluding hydrogens is 269 g/mol. The summed E-state index contributed by atoms with van der Waals surface area (Å²) in [6, 6.07) is 5.01. The van der Waals surface area contributed by atoms with Crippen LogP contribution < -0.4 is 5.32 Å². The van der Waals surface area contributed by atoms with Crippen LogP contribution in [0.25, 0.3) is 0 Å². The zero-order valence-corrected chi connectivity index (χ0v) is 11.4. The molecule has 110 valence electrons. The normalized spacial score (nSPS) is 12.1. The number of nitrogens with zero attached hydrogens (tertiary/aromatic N) is 1. The molecule has 20 heavy (non-hydrogen) atoms. The number of aliphatic hydroxyl groups excluding tert-OH is 1. The Balaban J connectivity index is 3.20. The molecule has 0 aromatic heterocycles. The van der Waals surface area contributed by atoms with Gasteiger partial charge in [-0.25, -0.2) is 0 Å². The minimum Gasteiger partial charge on any atom is -0.394 e. The van der Waals surface area contributed by atoms with Crippen molar-refractivity contribution in [2.75, 3.05) is 11.9 Å². The Morgan fingerprint density at radius 3 is 2.25 bits per heavy atom. The number of halogens is 3. The molecular formula is C14H17F3N2O. The average Bonchev–Trinajstić information content (AvgIpc) is 2.44. The van der Waals surface area contributed by atoms with Crippen LogP contribution in [0.15, 0.2) is 18.2 Å². The molecule has 3 nitrogen and oxygen atoms in total. The van der Waals surface area contributed by atoms with Gasteiger partial charge in [-0.1, -0.05) is 13.8 Å². The van der Waals surface area contributed by atoms with Crippen LogP contribution in [0.5, 0.6) is 0 Å². The number of hydrogen-bond donors (Lipinski definition) is 2. The first kappa shape index (κ1) is 16.3. The second-order valence-corrected chi connectivity index (χ2v) is 4.64. The van der Waals surface area contributed by atoms with Crippen molar-refractivity contribution in [3.8, 4) is 6.07 Å². The smallest absolute Gasteiger partial charge is 0.394 e. The van der Waals surface area contributed by atoms with Gasteiger partial charge in [0.1, 0.15) is 0 Å². The van der Waals surface area contributed by atoms with Crippen molar-refractivity contribution < 1.29 is 18.3 Å². The van der Waals surface area contributed by atoms with Crippen LogP contribution in [-0.4, -0.2) is 17.3 Å². The molecule has 1 aromatic rings. The second-order valence-electron chi connectivity index (χ2n) is 4.64. The van der Waals surface area contributed by atoms with E-state index in [1.54, 1.807) is 0 Å². The van der Waals surface area contributed by atoms with E-state index in [9.17, 15) is 18.3 Å². The van der Waals surface area contributed by atoms with Crippen molar-refractivity contribution >= 4 is 5.69 Å². The van der Waals surface area contributed by atoms with E-state index in [0.717, 1.165) is 12.1 Å². The summed E-state index contributed by atoms with van der Waals surface area (Å²) >= 11 is 0. The van der Waals surface area contributed by atoms with Gasteiger partial charge in [0.25, 0.3) is 0 Å². The van der Waals surface area contributed by atoms with E-state index < -0.39 is 22.8 Å². The SMILES string of the molecule is CCC(CC)(CO)Nc1ccc(C#N)c(C(F)(F)F)c1. The first-order valence-electron chi connectivity index (χ1n) is 6.32. The summed E-state index contributed by atoms with van der Waals surface area (Å²) in [5.74, 6) is 0. The summed E-state index contributed by atoms with van der Waals surface area (Å²) in [5.41, 5.74) is -1.79. The Hall–Kier alpha value is -1.74. The highest BCUT2D eigenvalue weighted by atomic mass is 19.4. The number of aliphatic hydroxyl groups is 1. The van der Waals surface area contributed by atoms with Crippen LogP contribution in [0, 0.1) is 11.3 Å². The molecule has 0 aliphatic rings. The molecule has 1 aromatic carbocycles. The van der Waals surface area contributed by atoms with Gasteiger partial charge in [0, 0.05) is 5.69 Å². The number of rotatable bonds is 5. The molecule has 1 rings (SSSR count). The topological polar surface area (TPSA) is 56.0 Å². The largest absolute Gasteiger partial charge is 0.417 e. The molecule has 2 N–H and O–H groups in total. The van der Waals surface area contributed by atoms with Gasteiger partial charge < -0.3 is 10.4 Å². The summed E-state index contributed by atoms with van der Waals surface area (Å²) in [7, 11) is 0. The Labute approximate surface area is 116 Å². The number of benzene rings is 1. The van der Waals surface area contributed by atoms with Gasteiger partial charge >= 0.3 is 6.18 Å². The summed E-state index contributed by atoms with van der Waals surface area (Å²) in [4.78, 5) is 0. The third-order valence-electron chi connectivity index (χ3n) is 3.51. The minimum atomic E-state index is -4.58. The van der Waals surface area contributed by atoms with Gasteiger partial charge in [-0.15, -0.1) is 0 Å². The van der Waals surface area contributed by atoms with Crippen molar-refractivity contribution in [2.24, 2.45) is 0 Å². The first-order chi connectivity index (χ1) is 9.31. The van der Waals surface area contributed by atoms with Gasteiger partial charge in [0.15, 0.2) is 0 Å². The average molecular weight is 286 g/mol. The third kappa shape index (κ3) is 3.42. The van der Waals surface area contributed by atoms with Gasteiger partial charge in [0.05, 0.1) is 29.3 Å². The zero-order valence-electron chi connectivity index (χ0n) is 11.4. The molecule has 0 saturated heterocycles. The number of anilines is 1. The quantitative estimate of drug-likeness (QED) is 0.870. The molecule has 0 spiro atoms. The Morgan fingerprint density at radius 2 is 1.85 bits per heavy atom.